The minimum absolute atomic E-state index is 0. The van der Waals surface area contributed by atoms with Crippen molar-refractivity contribution in [3.63, 3.8) is 0 Å². The van der Waals surface area contributed by atoms with Crippen LogP contribution in [0, 0.1) is 0 Å². The molecule has 0 spiro atoms. The van der Waals surface area contributed by atoms with Crippen LogP contribution in [0.4, 0.5) is 0 Å². The molecule has 2 aliphatic rings. The van der Waals surface area contributed by atoms with Crippen LogP contribution in [0.25, 0.3) is 0 Å². The zero-order valence-electron chi connectivity index (χ0n) is 12.4. The van der Waals surface area contributed by atoms with Crippen molar-refractivity contribution in [1.29, 1.82) is 0 Å². The monoisotopic (exact) mass is 377 g/mol. The van der Waals surface area contributed by atoms with Crippen molar-refractivity contribution in [3.8, 4) is 0 Å². The highest BCUT2D eigenvalue weighted by Crippen LogP contribution is 2.34. The first-order chi connectivity index (χ1) is 10.4. The fourth-order valence-corrected chi connectivity index (χ4v) is 3.16. The van der Waals surface area contributed by atoms with Crippen molar-refractivity contribution in [2.24, 2.45) is 5.73 Å². The van der Waals surface area contributed by atoms with Gasteiger partial charge in [-0.1, -0.05) is 23.2 Å². The maximum atomic E-state index is 12.5. The molecule has 0 radical (unpaired) electrons. The highest BCUT2D eigenvalue weighted by molar-refractivity contribution is 6.35. The molecular formula is C15H18Cl3N3O2. The quantitative estimate of drug-likeness (QED) is 0.858. The summed E-state index contributed by atoms with van der Waals surface area (Å²) in [6.45, 7) is 2.01. The fourth-order valence-electron chi connectivity index (χ4n) is 2.64. The van der Waals surface area contributed by atoms with Gasteiger partial charge in [-0.05, 0) is 31.0 Å². The number of rotatable bonds is 2. The number of carbonyl (C=O) groups is 2. The van der Waals surface area contributed by atoms with Gasteiger partial charge in [0.2, 0.25) is 5.91 Å². The van der Waals surface area contributed by atoms with Gasteiger partial charge in [0.25, 0.3) is 5.91 Å². The van der Waals surface area contributed by atoms with Crippen LogP contribution < -0.4 is 5.73 Å². The largest absolute Gasteiger partial charge is 0.338 e. The molecule has 2 N–H and O–H groups in total. The number of carbonyl (C=O) groups excluding carboxylic acids is 2. The molecule has 3 rings (SSSR count). The van der Waals surface area contributed by atoms with E-state index in [2.05, 4.69) is 0 Å². The Hall–Kier alpha value is -1.01. The van der Waals surface area contributed by atoms with Gasteiger partial charge in [-0.25, -0.2) is 0 Å². The fraction of sp³-hybridized carbons (Fsp3) is 0.467. The summed E-state index contributed by atoms with van der Waals surface area (Å²) in [7, 11) is 0. The Morgan fingerprint density at radius 1 is 0.957 bits per heavy atom. The number of benzene rings is 1. The van der Waals surface area contributed by atoms with Gasteiger partial charge < -0.3 is 15.5 Å². The topological polar surface area (TPSA) is 66.6 Å². The summed E-state index contributed by atoms with van der Waals surface area (Å²) in [4.78, 5) is 28.1. The lowest BCUT2D eigenvalue weighted by atomic mass is 10.1. The summed E-state index contributed by atoms with van der Waals surface area (Å²) in [6.07, 6.45) is 1.51. The molecule has 1 heterocycles. The first-order valence-electron chi connectivity index (χ1n) is 7.23. The molecule has 1 saturated carbocycles. The lowest BCUT2D eigenvalue weighted by Crippen LogP contribution is -2.55. The highest BCUT2D eigenvalue weighted by atomic mass is 35.5. The molecule has 0 aromatic heterocycles. The van der Waals surface area contributed by atoms with E-state index in [9.17, 15) is 9.59 Å². The van der Waals surface area contributed by atoms with Gasteiger partial charge in [-0.15, -0.1) is 12.4 Å². The molecule has 8 heteroatoms. The maximum absolute atomic E-state index is 12.5. The molecule has 1 aromatic carbocycles. The molecule has 0 atom stereocenters. The van der Waals surface area contributed by atoms with Crippen molar-refractivity contribution in [3.05, 3.63) is 33.8 Å². The summed E-state index contributed by atoms with van der Waals surface area (Å²) in [5.41, 5.74) is 5.76. The molecule has 126 valence electrons. The van der Waals surface area contributed by atoms with Crippen LogP contribution in [0.3, 0.4) is 0 Å². The Bertz CT molecular complexity index is 606. The van der Waals surface area contributed by atoms with E-state index >= 15 is 0 Å². The lowest BCUT2D eigenvalue weighted by Gasteiger charge is -2.36. The molecule has 23 heavy (non-hydrogen) atoms. The normalized spacial score (nSPS) is 19.1. The first kappa shape index (κ1) is 18.3. The van der Waals surface area contributed by atoms with E-state index in [1.54, 1.807) is 28.0 Å². The van der Waals surface area contributed by atoms with Crippen LogP contribution in [-0.2, 0) is 4.79 Å². The van der Waals surface area contributed by atoms with Gasteiger partial charge in [0, 0.05) is 41.8 Å². The number of piperazine rings is 1. The molecule has 5 nitrogen and oxygen atoms in total. The Morgan fingerprint density at radius 3 is 1.91 bits per heavy atom. The third kappa shape index (κ3) is 3.91. The SMILES string of the molecule is Cl.NC1(C(=O)N2CCN(C(=O)c3cc(Cl)cc(Cl)c3)CC2)CC1. The second-order valence-electron chi connectivity index (χ2n) is 5.90. The van der Waals surface area contributed by atoms with Crippen LogP contribution >= 0.6 is 35.6 Å². The molecule has 1 aromatic rings. The summed E-state index contributed by atoms with van der Waals surface area (Å²) >= 11 is 11.9. The Kier molecular flexibility index (Phi) is 5.46. The Labute approximate surface area is 151 Å². The molecule has 2 fully saturated rings. The smallest absolute Gasteiger partial charge is 0.254 e. The van der Waals surface area contributed by atoms with Crippen LogP contribution in [0.2, 0.25) is 10.0 Å². The Balaban J connectivity index is 0.00000192. The Morgan fingerprint density at radius 2 is 1.43 bits per heavy atom. The van der Waals surface area contributed by atoms with Crippen molar-refractivity contribution in [1.82, 2.24) is 9.80 Å². The van der Waals surface area contributed by atoms with E-state index in [4.69, 9.17) is 28.9 Å². The zero-order valence-corrected chi connectivity index (χ0v) is 14.8. The third-order valence-electron chi connectivity index (χ3n) is 4.18. The third-order valence-corrected chi connectivity index (χ3v) is 4.61. The molecule has 0 unspecified atom stereocenters. The van der Waals surface area contributed by atoms with Gasteiger partial charge >= 0.3 is 0 Å². The average molecular weight is 379 g/mol. The minimum atomic E-state index is -0.646. The van der Waals surface area contributed by atoms with Crippen LogP contribution in [0.15, 0.2) is 18.2 Å². The van der Waals surface area contributed by atoms with Crippen molar-refractivity contribution in [2.45, 2.75) is 18.4 Å². The van der Waals surface area contributed by atoms with E-state index in [1.807, 2.05) is 0 Å². The molecular weight excluding hydrogens is 361 g/mol. The van der Waals surface area contributed by atoms with Crippen molar-refractivity contribution >= 4 is 47.4 Å². The number of nitrogens with zero attached hydrogens (tertiary/aromatic N) is 2. The lowest BCUT2D eigenvalue weighted by molar-refractivity contribution is -0.135. The van der Waals surface area contributed by atoms with Gasteiger partial charge in [-0.2, -0.15) is 0 Å². The first-order valence-corrected chi connectivity index (χ1v) is 7.98. The standard InChI is InChI=1S/C15H17Cl2N3O2.ClH/c16-11-7-10(8-12(17)9-11)13(21)19-3-5-20(6-4-19)14(22)15(18)1-2-15;/h7-9H,1-6,18H2;1H. The number of nitrogens with two attached hydrogens (primary N) is 1. The maximum Gasteiger partial charge on any atom is 0.254 e. The van der Waals surface area contributed by atoms with E-state index in [0.717, 1.165) is 12.8 Å². The van der Waals surface area contributed by atoms with Gasteiger partial charge in [0.05, 0.1) is 5.54 Å². The van der Waals surface area contributed by atoms with Gasteiger partial charge in [0.15, 0.2) is 0 Å². The summed E-state index contributed by atoms with van der Waals surface area (Å²) in [6, 6.07) is 4.80. The molecule has 0 bridgehead atoms. The predicted octanol–water partition coefficient (Wildman–Crippen LogP) is 2.19. The summed E-state index contributed by atoms with van der Waals surface area (Å²) in [5, 5.41) is 0.868. The molecule has 1 aliphatic heterocycles. The van der Waals surface area contributed by atoms with E-state index in [1.165, 1.54) is 0 Å². The number of halogens is 3. The highest BCUT2D eigenvalue weighted by Gasteiger charge is 2.48. The van der Waals surface area contributed by atoms with Crippen molar-refractivity contribution < 1.29 is 9.59 Å². The van der Waals surface area contributed by atoms with E-state index in [-0.39, 0.29) is 24.2 Å². The molecule has 2 amide bonds. The van der Waals surface area contributed by atoms with Crippen molar-refractivity contribution in [2.75, 3.05) is 26.2 Å². The van der Waals surface area contributed by atoms with Gasteiger partial charge in [-0.3, -0.25) is 9.59 Å². The molecule has 1 saturated heterocycles. The van der Waals surface area contributed by atoms with Crippen LogP contribution in [-0.4, -0.2) is 53.3 Å². The predicted molar refractivity (Wildman–Crippen MR) is 92.3 cm³/mol. The number of hydrogen-bond donors (Lipinski definition) is 1. The summed E-state index contributed by atoms with van der Waals surface area (Å²) < 4.78 is 0. The van der Waals surface area contributed by atoms with Crippen LogP contribution in [0.1, 0.15) is 23.2 Å². The second-order valence-corrected chi connectivity index (χ2v) is 6.77. The van der Waals surface area contributed by atoms with Crippen LogP contribution in [0.5, 0.6) is 0 Å². The second kappa shape index (κ2) is 6.85. The zero-order chi connectivity index (χ0) is 15.9. The average Bonchev–Trinajstić information content (AvgIpc) is 3.24. The van der Waals surface area contributed by atoms with Gasteiger partial charge in [0.1, 0.15) is 0 Å². The number of hydrogen-bond acceptors (Lipinski definition) is 3. The molecule has 1 aliphatic carbocycles. The van der Waals surface area contributed by atoms with E-state index in [0.29, 0.717) is 41.8 Å². The number of amides is 2. The summed E-state index contributed by atoms with van der Waals surface area (Å²) in [5.74, 6) is -0.115. The minimum Gasteiger partial charge on any atom is -0.338 e. The van der Waals surface area contributed by atoms with E-state index < -0.39 is 5.54 Å².